The molecule has 0 unspecified atom stereocenters. The Bertz CT molecular complexity index is 496. The number of sulfonamides is 1. The lowest BCUT2D eigenvalue weighted by Crippen LogP contribution is -2.37. The Morgan fingerprint density at radius 1 is 1.50 bits per heavy atom. The van der Waals surface area contributed by atoms with Gasteiger partial charge in [-0.1, -0.05) is 0 Å². The van der Waals surface area contributed by atoms with Gasteiger partial charge in [0, 0.05) is 18.9 Å². The fourth-order valence-electron chi connectivity index (χ4n) is 1.32. The zero-order valence-corrected chi connectivity index (χ0v) is 10.1. The van der Waals surface area contributed by atoms with Crippen LogP contribution in [0, 0.1) is 0 Å². The van der Waals surface area contributed by atoms with Gasteiger partial charge < -0.3 is 10.8 Å². The molecule has 0 fully saturated rings. The molecular weight excluding hydrogens is 268 g/mol. The van der Waals surface area contributed by atoms with E-state index in [1.165, 1.54) is 12.3 Å². The zero-order valence-electron chi connectivity index (χ0n) is 9.33. The maximum absolute atomic E-state index is 12.3. The standard InChI is InChI=1S/C9H13F2N3O3S/c10-9(11)6-14(3-4-15)18(16,17)8-5-13-2-1-7(8)12/h1-2,5,9,15H,3-4,6H2,(H2,12,13). The van der Waals surface area contributed by atoms with Gasteiger partial charge in [-0.3, -0.25) is 4.98 Å². The number of aliphatic hydroxyl groups excluding tert-OH is 1. The number of nitrogen functional groups attached to an aromatic ring is 1. The first-order chi connectivity index (χ1) is 8.39. The molecule has 102 valence electrons. The normalized spacial score (nSPS) is 12.3. The van der Waals surface area contributed by atoms with Crippen LogP contribution in [0.25, 0.3) is 0 Å². The summed E-state index contributed by atoms with van der Waals surface area (Å²) in [5.74, 6) is 0. The first kappa shape index (κ1) is 14.7. The lowest BCUT2D eigenvalue weighted by molar-refractivity contribution is 0.113. The second-order valence-corrected chi connectivity index (χ2v) is 5.30. The number of halogens is 2. The van der Waals surface area contributed by atoms with E-state index in [1.807, 2.05) is 0 Å². The van der Waals surface area contributed by atoms with Gasteiger partial charge in [0.15, 0.2) is 0 Å². The summed E-state index contributed by atoms with van der Waals surface area (Å²) in [5.41, 5.74) is 5.39. The van der Waals surface area contributed by atoms with Crippen LogP contribution in [-0.4, -0.2) is 48.9 Å². The minimum absolute atomic E-state index is 0.0813. The highest BCUT2D eigenvalue weighted by Crippen LogP contribution is 2.21. The summed E-state index contributed by atoms with van der Waals surface area (Å²) in [6, 6.07) is 1.26. The number of hydrogen-bond donors (Lipinski definition) is 2. The third-order valence-electron chi connectivity index (χ3n) is 2.13. The number of aromatic nitrogens is 1. The van der Waals surface area contributed by atoms with Crippen molar-refractivity contribution in [2.24, 2.45) is 0 Å². The monoisotopic (exact) mass is 281 g/mol. The van der Waals surface area contributed by atoms with Gasteiger partial charge in [0.2, 0.25) is 10.0 Å². The van der Waals surface area contributed by atoms with Crippen LogP contribution in [0.5, 0.6) is 0 Å². The van der Waals surface area contributed by atoms with Gasteiger partial charge in [0.25, 0.3) is 6.43 Å². The molecule has 0 amide bonds. The molecule has 1 aromatic heterocycles. The van der Waals surface area contributed by atoms with E-state index in [0.717, 1.165) is 6.20 Å². The molecule has 18 heavy (non-hydrogen) atoms. The Kier molecular flexibility index (Phi) is 4.93. The van der Waals surface area contributed by atoms with Crippen LogP contribution in [0.4, 0.5) is 14.5 Å². The summed E-state index contributed by atoms with van der Waals surface area (Å²) in [6.45, 7) is -2.00. The van der Waals surface area contributed by atoms with E-state index < -0.39 is 36.1 Å². The predicted molar refractivity (Wildman–Crippen MR) is 60.5 cm³/mol. The second kappa shape index (κ2) is 6.03. The lowest BCUT2D eigenvalue weighted by Gasteiger charge is -2.21. The Balaban J connectivity index is 3.13. The first-order valence-corrected chi connectivity index (χ1v) is 6.42. The van der Waals surface area contributed by atoms with Gasteiger partial charge in [0.05, 0.1) is 18.8 Å². The summed E-state index contributed by atoms with van der Waals surface area (Å²) in [5, 5.41) is 8.73. The molecule has 0 atom stereocenters. The number of rotatable bonds is 6. The van der Waals surface area contributed by atoms with Gasteiger partial charge in [-0.05, 0) is 6.07 Å². The number of aliphatic hydroxyl groups is 1. The van der Waals surface area contributed by atoms with Crippen molar-refractivity contribution in [3.05, 3.63) is 18.5 Å². The van der Waals surface area contributed by atoms with Crippen LogP contribution in [0.15, 0.2) is 23.4 Å². The van der Waals surface area contributed by atoms with Crippen molar-refractivity contribution in [3.8, 4) is 0 Å². The van der Waals surface area contributed by atoms with Gasteiger partial charge in [0.1, 0.15) is 4.90 Å². The summed E-state index contributed by atoms with van der Waals surface area (Å²) < 4.78 is 49.2. The molecule has 0 aliphatic rings. The molecule has 0 radical (unpaired) electrons. The Labute approximate surface area is 103 Å². The number of alkyl halides is 2. The highest BCUT2D eigenvalue weighted by molar-refractivity contribution is 7.89. The Morgan fingerprint density at radius 2 is 2.17 bits per heavy atom. The van der Waals surface area contributed by atoms with Crippen molar-refractivity contribution in [2.45, 2.75) is 11.3 Å². The molecule has 9 heteroatoms. The van der Waals surface area contributed by atoms with E-state index in [9.17, 15) is 17.2 Å². The molecule has 0 saturated carbocycles. The van der Waals surface area contributed by atoms with Crippen molar-refractivity contribution < 1.29 is 22.3 Å². The predicted octanol–water partition coefficient (Wildman–Crippen LogP) is -0.0881. The molecule has 0 aromatic carbocycles. The number of anilines is 1. The molecule has 0 saturated heterocycles. The molecule has 0 aliphatic heterocycles. The quantitative estimate of drug-likeness (QED) is 0.759. The summed E-state index contributed by atoms with van der Waals surface area (Å²) in [4.78, 5) is 3.25. The first-order valence-electron chi connectivity index (χ1n) is 4.98. The SMILES string of the molecule is Nc1ccncc1S(=O)(=O)N(CCO)CC(F)F. The third kappa shape index (κ3) is 3.34. The van der Waals surface area contributed by atoms with Crippen LogP contribution < -0.4 is 5.73 Å². The maximum Gasteiger partial charge on any atom is 0.252 e. The van der Waals surface area contributed by atoms with Crippen molar-refractivity contribution in [1.82, 2.24) is 9.29 Å². The van der Waals surface area contributed by atoms with Crippen LogP contribution in [0.2, 0.25) is 0 Å². The van der Waals surface area contributed by atoms with Gasteiger partial charge in [-0.25, -0.2) is 17.2 Å². The highest BCUT2D eigenvalue weighted by atomic mass is 32.2. The number of pyridine rings is 1. The van der Waals surface area contributed by atoms with Crippen molar-refractivity contribution in [1.29, 1.82) is 0 Å². The molecule has 1 rings (SSSR count). The highest BCUT2D eigenvalue weighted by Gasteiger charge is 2.28. The zero-order chi connectivity index (χ0) is 13.8. The molecule has 0 aliphatic carbocycles. The molecule has 6 nitrogen and oxygen atoms in total. The average Bonchev–Trinajstić information content (AvgIpc) is 2.28. The van der Waals surface area contributed by atoms with Gasteiger partial charge >= 0.3 is 0 Å². The summed E-state index contributed by atoms with van der Waals surface area (Å²) >= 11 is 0. The molecule has 1 heterocycles. The minimum atomic E-state index is -4.18. The van der Waals surface area contributed by atoms with E-state index in [-0.39, 0.29) is 10.6 Å². The van der Waals surface area contributed by atoms with Gasteiger partial charge in [-0.15, -0.1) is 0 Å². The Morgan fingerprint density at radius 3 is 2.67 bits per heavy atom. The summed E-state index contributed by atoms with van der Waals surface area (Å²) in [7, 11) is -4.18. The maximum atomic E-state index is 12.3. The van der Waals surface area contributed by atoms with Crippen molar-refractivity contribution in [3.63, 3.8) is 0 Å². The third-order valence-corrected chi connectivity index (χ3v) is 4.03. The van der Waals surface area contributed by atoms with Crippen LogP contribution in [0.1, 0.15) is 0 Å². The molecule has 0 bridgehead atoms. The van der Waals surface area contributed by atoms with E-state index in [1.54, 1.807) is 0 Å². The van der Waals surface area contributed by atoms with Crippen LogP contribution >= 0.6 is 0 Å². The van der Waals surface area contributed by atoms with Crippen LogP contribution in [-0.2, 0) is 10.0 Å². The van der Waals surface area contributed by atoms with E-state index in [0.29, 0.717) is 4.31 Å². The molecule has 1 aromatic rings. The van der Waals surface area contributed by atoms with Crippen molar-refractivity contribution >= 4 is 15.7 Å². The van der Waals surface area contributed by atoms with Crippen molar-refractivity contribution in [2.75, 3.05) is 25.4 Å². The molecule has 0 spiro atoms. The Hall–Kier alpha value is -1.32. The number of hydrogen-bond acceptors (Lipinski definition) is 5. The van der Waals surface area contributed by atoms with E-state index in [2.05, 4.69) is 4.98 Å². The largest absolute Gasteiger partial charge is 0.398 e. The number of nitrogens with zero attached hydrogens (tertiary/aromatic N) is 2. The fraction of sp³-hybridized carbons (Fsp3) is 0.444. The van der Waals surface area contributed by atoms with E-state index in [4.69, 9.17) is 10.8 Å². The number of nitrogens with two attached hydrogens (primary N) is 1. The smallest absolute Gasteiger partial charge is 0.252 e. The lowest BCUT2D eigenvalue weighted by atomic mass is 10.4. The fourth-order valence-corrected chi connectivity index (χ4v) is 2.79. The topological polar surface area (TPSA) is 96.5 Å². The summed E-state index contributed by atoms with van der Waals surface area (Å²) in [6.07, 6.45) is -0.567. The molecule has 3 N–H and O–H groups in total. The minimum Gasteiger partial charge on any atom is -0.398 e. The second-order valence-electron chi connectivity index (χ2n) is 3.39. The average molecular weight is 281 g/mol. The van der Waals surface area contributed by atoms with Gasteiger partial charge in [-0.2, -0.15) is 4.31 Å². The van der Waals surface area contributed by atoms with Crippen LogP contribution in [0.3, 0.4) is 0 Å². The molecular formula is C9H13F2N3O3S. The van der Waals surface area contributed by atoms with E-state index >= 15 is 0 Å².